The van der Waals surface area contributed by atoms with Gasteiger partial charge in [-0.3, -0.25) is 14.7 Å². The number of Topliss-reactive ketones (excluding diaryl/α,β-unsaturated/α-hetero) is 1. The Labute approximate surface area is 267 Å². The van der Waals surface area contributed by atoms with E-state index in [1.807, 2.05) is 12.1 Å². The van der Waals surface area contributed by atoms with Crippen molar-refractivity contribution in [3.8, 4) is 0 Å². The third-order valence-corrected chi connectivity index (χ3v) is 10.2. The number of ketones is 1. The summed E-state index contributed by atoms with van der Waals surface area (Å²) in [5.74, 6) is 1.00. The number of nitrogens with one attached hydrogen (secondary N) is 1. The first-order chi connectivity index (χ1) is 22.1. The average molecular weight is 647 g/mol. The highest BCUT2D eigenvalue weighted by atomic mass is 19.4. The van der Waals surface area contributed by atoms with Crippen LogP contribution in [0.15, 0.2) is 36.7 Å². The van der Waals surface area contributed by atoms with E-state index in [1.54, 1.807) is 0 Å². The molecule has 46 heavy (non-hydrogen) atoms. The number of alkyl halides is 3. The van der Waals surface area contributed by atoms with Crippen LogP contribution in [0.3, 0.4) is 0 Å². The summed E-state index contributed by atoms with van der Waals surface area (Å²) in [6, 6.07) is 7.40. The summed E-state index contributed by atoms with van der Waals surface area (Å²) in [6.07, 6.45) is 0.743. The third kappa shape index (κ3) is 7.99. The number of hydrogen-bond donors (Lipinski definition) is 3. The second kappa shape index (κ2) is 14.5. The van der Waals surface area contributed by atoms with Gasteiger partial charge in [0.15, 0.2) is 11.5 Å². The quantitative estimate of drug-likeness (QED) is 0.351. The molecule has 4 atom stereocenters. The smallest absolute Gasteiger partial charge is 0.388 e. The minimum absolute atomic E-state index is 0.0161. The number of aromatic nitrogens is 2. The topological polar surface area (TPSA) is 114 Å². The molecule has 0 amide bonds. The molecule has 3 saturated heterocycles. The van der Waals surface area contributed by atoms with Crippen molar-refractivity contribution in [3.63, 3.8) is 0 Å². The fourth-order valence-electron chi connectivity index (χ4n) is 7.34. The lowest BCUT2D eigenvalue weighted by molar-refractivity contribution is -0.148. The number of carbonyl (C=O) groups excluding carboxylic acids is 1. The van der Waals surface area contributed by atoms with Crippen molar-refractivity contribution in [2.24, 2.45) is 11.8 Å². The molecule has 10 nitrogen and oxygen atoms in total. The van der Waals surface area contributed by atoms with Gasteiger partial charge in [0.25, 0.3) is 0 Å². The number of carbonyl (C=O) groups is 1. The van der Waals surface area contributed by atoms with Crippen molar-refractivity contribution < 1.29 is 32.9 Å². The summed E-state index contributed by atoms with van der Waals surface area (Å²) < 4.78 is 44.8. The third-order valence-electron chi connectivity index (χ3n) is 10.2. The van der Waals surface area contributed by atoms with Gasteiger partial charge in [-0.2, -0.15) is 13.2 Å². The highest BCUT2D eigenvalue weighted by Gasteiger charge is 2.40. The Hall–Kier alpha value is -2.84. The second-order valence-corrected chi connectivity index (χ2v) is 13.3. The second-order valence-electron chi connectivity index (χ2n) is 13.3. The number of piperidine rings is 1. The lowest BCUT2D eigenvalue weighted by Crippen LogP contribution is -2.59. The standard InChI is InChI=1S/C33H45F3N6O4/c34-33(35,36)28-17-37-18-29(39-28)38-26-21-46-27(32(45)31(26)44)20-41-15-13-40(14-16-41)19-22-9-11-42(12-10-22)25-7-5-24(6-8-25)30(43)23-3-1-2-4-23/h5-8,17-18,22-23,26-27,31-32,44-45H,1-4,9-16,19-21H2,(H,38,39)/t26-,27+,31+,32-/m0/s1. The van der Waals surface area contributed by atoms with Crippen molar-refractivity contribution >= 4 is 17.3 Å². The van der Waals surface area contributed by atoms with Crippen LogP contribution in [0.25, 0.3) is 0 Å². The van der Waals surface area contributed by atoms with Gasteiger partial charge in [0.1, 0.15) is 18.0 Å². The van der Waals surface area contributed by atoms with Gasteiger partial charge in [0.05, 0.1) is 31.1 Å². The van der Waals surface area contributed by atoms with E-state index in [-0.39, 0.29) is 18.3 Å². The molecule has 4 fully saturated rings. The number of ether oxygens (including phenoxy) is 1. The van der Waals surface area contributed by atoms with E-state index < -0.39 is 36.2 Å². The molecule has 0 spiro atoms. The summed E-state index contributed by atoms with van der Waals surface area (Å²) in [4.78, 5) is 27.0. The summed E-state index contributed by atoms with van der Waals surface area (Å²) >= 11 is 0. The lowest BCUT2D eigenvalue weighted by atomic mass is 9.94. The Morgan fingerprint density at radius 3 is 2.20 bits per heavy atom. The highest BCUT2D eigenvalue weighted by molar-refractivity contribution is 5.98. The molecule has 1 aromatic carbocycles. The van der Waals surface area contributed by atoms with Crippen LogP contribution in [0.2, 0.25) is 0 Å². The number of hydrogen-bond acceptors (Lipinski definition) is 10. The van der Waals surface area contributed by atoms with Gasteiger partial charge in [-0.1, -0.05) is 12.8 Å². The minimum Gasteiger partial charge on any atom is -0.388 e. The molecule has 2 aromatic rings. The number of aliphatic hydroxyl groups is 2. The summed E-state index contributed by atoms with van der Waals surface area (Å²) in [7, 11) is 0. The number of nitrogens with zero attached hydrogens (tertiary/aromatic N) is 5. The maximum atomic E-state index is 13.0. The molecule has 1 saturated carbocycles. The first-order valence-corrected chi connectivity index (χ1v) is 16.6. The van der Waals surface area contributed by atoms with Crippen LogP contribution >= 0.6 is 0 Å². The molecule has 1 aromatic heterocycles. The number of rotatable bonds is 9. The van der Waals surface area contributed by atoms with Crippen molar-refractivity contribution in [2.75, 3.05) is 69.2 Å². The highest BCUT2D eigenvalue weighted by Crippen LogP contribution is 2.31. The molecule has 4 heterocycles. The lowest BCUT2D eigenvalue weighted by Gasteiger charge is -2.43. The Morgan fingerprint density at radius 2 is 1.54 bits per heavy atom. The van der Waals surface area contributed by atoms with Crippen LogP contribution in [-0.2, 0) is 10.9 Å². The van der Waals surface area contributed by atoms with Crippen LogP contribution in [0.5, 0.6) is 0 Å². The number of anilines is 2. The van der Waals surface area contributed by atoms with E-state index in [9.17, 15) is 28.2 Å². The van der Waals surface area contributed by atoms with Crippen LogP contribution in [0, 0.1) is 11.8 Å². The van der Waals surface area contributed by atoms with E-state index >= 15 is 0 Å². The average Bonchev–Trinajstić information content (AvgIpc) is 3.61. The molecular weight excluding hydrogens is 601 g/mol. The van der Waals surface area contributed by atoms with Crippen molar-refractivity contribution in [2.45, 2.75) is 69.1 Å². The number of piperazine rings is 1. The zero-order valence-electron chi connectivity index (χ0n) is 26.1. The zero-order valence-corrected chi connectivity index (χ0v) is 26.1. The van der Waals surface area contributed by atoms with E-state index in [2.05, 4.69) is 42.1 Å². The molecule has 0 bridgehead atoms. The SMILES string of the molecule is O=C(c1ccc(N2CCC(CN3CCN(C[C@H]4OC[C@H](Nc5cncc(C(F)(F)F)n5)[C@@H](O)[C@H]4O)CC3)CC2)cc1)C1CCCC1. The minimum atomic E-state index is -4.63. The van der Waals surface area contributed by atoms with Crippen LogP contribution in [-0.4, -0.2) is 119 Å². The van der Waals surface area contributed by atoms with Crippen molar-refractivity contribution in [1.82, 2.24) is 19.8 Å². The fraction of sp³-hybridized carbons (Fsp3) is 0.667. The first kappa shape index (κ1) is 33.1. The van der Waals surface area contributed by atoms with Gasteiger partial charge in [-0.25, -0.2) is 4.98 Å². The monoisotopic (exact) mass is 646 g/mol. The van der Waals surface area contributed by atoms with Crippen LogP contribution in [0.1, 0.15) is 54.6 Å². The molecule has 0 radical (unpaired) electrons. The van der Waals surface area contributed by atoms with E-state index in [0.29, 0.717) is 24.4 Å². The van der Waals surface area contributed by atoms with E-state index in [4.69, 9.17) is 4.74 Å². The van der Waals surface area contributed by atoms with Crippen LogP contribution in [0.4, 0.5) is 24.7 Å². The molecule has 1 aliphatic carbocycles. The molecule has 252 valence electrons. The number of benzene rings is 1. The van der Waals surface area contributed by atoms with Gasteiger partial charge in [0, 0.05) is 69.5 Å². The van der Waals surface area contributed by atoms with E-state index in [0.717, 1.165) is 83.3 Å². The Bertz CT molecular complexity index is 1300. The van der Waals surface area contributed by atoms with Gasteiger partial charge in [-0.15, -0.1) is 0 Å². The van der Waals surface area contributed by atoms with Gasteiger partial charge < -0.3 is 30.1 Å². The van der Waals surface area contributed by atoms with Gasteiger partial charge >= 0.3 is 6.18 Å². The normalized spacial score (nSPS) is 27.6. The van der Waals surface area contributed by atoms with Gasteiger partial charge in [-0.05, 0) is 55.9 Å². The maximum absolute atomic E-state index is 13.0. The van der Waals surface area contributed by atoms with Crippen molar-refractivity contribution in [1.29, 1.82) is 0 Å². The molecule has 4 aliphatic rings. The predicted octanol–water partition coefficient (Wildman–Crippen LogP) is 3.30. The first-order valence-electron chi connectivity index (χ1n) is 16.6. The fourth-order valence-corrected chi connectivity index (χ4v) is 7.34. The molecule has 3 aliphatic heterocycles. The Morgan fingerprint density at radius 1 is 0.891 bits per heavy atom. The van der Waals surface area contributed by atoms with Crippen molar-refractivity contribution in [3.05, 3.63) is 47.9 Å². The summed E-state index contributed by atoms with van der Waals surface area (Å²) in [5.41, 5.74) is 0.899. The van der Waals surface area contributed by atoms with Crippen LogP contribution < -0.4 is 10.2 Å². The van der Waals surface area contributed by atoms with Gasteiger partial charge in [0.2, 0.25) is 0 Å². The number of aliphatic hydroxyl groups excluding tert-OH is 2. The van der Waals surface area contributed by atoms with E-state index in [1.165, 1.54) is 18.5 Å². The molecular formula is C33H45F3N6O4. The molecule has 3 N–H and O–H groups in total. The largest absolute Gasteiger partial charge is 0.434 e. The molecule has 6 rings (SSSR count). The number of halogens is 3. The predicted molar refractivity (Wildman–Crippen MR) is 167 cm³/mol. The maximum Gasteiger partial charge on any atom is 0.434 e. The Kier molecular flexibility index (Phi) is 10.4. The Balaban J connectivity index is 0.898. The summed E-state index contributed by atoms with van der Waals surface area (Å²) in [6.45, 7) is 7.05. The molecule has 13 heteroatoms. The summed E-state index contributed by atoms with van der Waals surface area (Å²) in [5, 5.41) is 24.2. The molecule has 0 unspecified atom stereocenters. The zero-order chi connectivity index (χ0) is 32.3.